The van der Waals surface area contributed by atoms with Crippen molar-refractivity contribution in [2.45, 2.75) is 24.2 Å². The van der Waals surface area contributed by atoms with Gasteiger partial charge in [0.2, 0.25) is 0 Å². The van der Waals surface area contributed by atoms with Gasteiger partial charge in [-0.3, -0.25) is 0 Å². The third kappa shape index (κ3) is 2.55. The summed E-state index contributed by atoms with van der Waals surface area (Å²) in [6, 6.07) is 6.74. The summed E-state index contributed by atoms with van der Waals surface area (Å²) in [7, 11) is -3.65. The van der Waals surface area contributed by atoms with Crippen molar-refractivity contribution in [1.82, 2.24) is 9.97 Å². The van der Waals surface area contributed by atoms with Crippen LogP contribution >= 0.6 is 0 Å². The van der Waals surface area contributed by atoms with E-state index >= 15 is 0 Å². The minimum Gasteiger partial charge on any atom is -0.362 e. The summed E-state index contributed by atoms with van der Waals surface area (Å²) in [6.45, 7) is 0.261. The highest BCUT2D eigenvalue weighted by Crippen LogP contribution is 2.27. The Morgan fingerprint density at radius 1 is 1.17 bits per heavy atom. The van der Waals surface area contributed by atoms with Gasteiger partial charge in [-0.1, -0.05) is 12.1 Å². The van der Waals surface area contributed by atoms with Gasteiger partial charge in [0.25, 0.3) is 10.0 Å². The van der Waals surface area contributed by atoms with Crippen molar-refractivity contribution >= 4 is 27.4 Å². The van der Waals surface area contributed by atoms with Gasteiger partial charge in [0.05, 0.1) is 12.2 Å². The lowest BCUT2D eigenvalue weighted by Gasteiger charge is -2.18. The van der Waals surface area contributed by atoms with Crippen molar-refractivity contribution in [2.75, 3.05) is 17.2 Å². The van der Waals surface area contributed by atoms with Crippen molar-refractivity contribution in [3.8, 4) is 0 Å². The second kappa shape index (κ2) is 5.31. The highest BCUT2D eigenvalue weighted by molar-refractivity contribution is 7.90. The van der Waals surface area contributed by atoms with Crippen LogP contribution in [0.15, 0.2) is 39.9 Å². The summed E-state index contributed by atoms with van der Waals surface area (Å²) in [5.41, 5.74) is 2.73. The minimum absolute atomic E-state index is 0.201. The zero-order valence-corrected chi connectivity index (χ0v) is 13.1. The van der Waals surface area contributed by atoms with Crippen LogP contribution in [0.5, 0.6) is 0 Å². The number of hydrogen-bond acceptors (Lipinski definition) is 6. The lowest BCUT2D eigenvalue weighted by molar-refractivity contribution is 0.597. The number of benzene rings is 1. The fourth-order valence-electron chi connectivity index (χ4n) is 2.92. The molecule has 0 fully saturated rings. The van der Waals surface area contributed by atoms with Gasteiger partial charge in [-0.2, -0.15) is 8.42 Å². The van der Waals surface area contributed by atoms with Crippen LogP contribution in [0.4, 0.5) is 11.5 Å². The van der Waals surface area contributed by atoms with E-state index in [2.05, 4.69) is 25.0 Å². The molecule has 0 unspecified atom stereocenters. The maximum absolute atomic E-state index is 12.2. The highest BCUT2D eigenvalue weighted by atomic mass is 32.2. The molecule has 0 bridgehead atoms. The third-order valence-electron chi connectivity index (χ3n) is 3.97. The van der Waals surface area contributed by atoms with Gasteiger partial charge in [0.15, 0.2) is 0 Å². The predicted molar refractivity (Wildman–Crippen MR) is 87.2 cm³/mol. The second-order valence-corrected chi connectivity index (χ2v) is 7.06. The van der Waals surface area contributed by atoms with Crippen LogP contribution in [0, 0.1) is 0 Å². The number of sulfonamides is 1. The van der Waals surface area contributed by atoms with E-state index in [9.17, 15) is 8.42 Å². The standard InChI is InChI=1S/C15H15N5O2S/c21-23(22)13-7-2-1-5-12(13)19-14(20-23)8-16-15-10-4-3-6-11(10)17-9-18-15/h1-2,5,7,9H,3-4,6,8H2,(H,19,20)(H,16,17,18). The third-order valence-corrected chi connectivity index (χ3v) is 5.35. The van der Waals surface area contributed by atoms with Crippen molar-refractivity contribution in [2.24, 2.45) is 4.40 Å². The number of rotatable bonds is 3. The van der Waals surface area contributed by atoms with E-state index in [1.807, 2.05) is 0 Å². The average Bonchev–Trinajstić information content (AvgIpc) is 3.01. The van der Waals surface area contributed by atoms with Gasteiger partial charge in [-0.25, -0.2) is 9.97 Å². The SMILES string of the molecule is O=S1(=O)N=C(CNc2ncnc3c2CCC3)Nc2ccccc21. The van der Waals surface area contributed by atoms with Gasteiger partial charge in [0.1, 0.15) is 22.9 Å². The first kappa shape index (κ1) is 14.1. The van der Waals surface area contributed by atoms with Gasteiger partial charge in [-0.15, -0.1) is 4.40 Å². The zero-order valence-electron chi connectivity index (χ0n) is 12.3. The zero-order chi connectivity index (χ0) is 15.9. The molecule has 2 N–H and O–H groups in total. The van der Waals surface area contributed by atoms with Crippen LogP contribution in [0.3, 0.4) is 0 Å². The Hall–Kier alpha value is -2.48. The predicted octanol–water partition coefficient (Wildman–Crippen LogP) is 1.59. The first-order valence-electron chi connectivity index (χ1n) is 7.40. The number of hydrogen-bond donors (Lipinski definition) is 2. The number of fused-ring (bicyclic) bond motifs is 2. The Balaban J connectivity index is 1.57. The van der Waals surface area contributed by atoms with E-state index < -0.39 is 10.0 Å². The van der Waals surface area contributed by atoms with Gasteiger partial charge < -0.3 is 10.6 Å². The first-order valence-corrected chi connectivity index (χ1v) is 8.84. The van der Waals surface area contributed by atoms with Crippen molar-refractivity contribution in [1.29, 1.82) is 0 Å². The molecule has 0 spiro atoms. The van der Waals surface area contributed by atoms with Crippen LogP contribution < -0.4 is 10.6 Å². The van der Waals surface area contributed by atoms with E-state index in [0.717, 1.165) is 36.3 Å². The molecule has 0 amide bonds. The maximum Gasteiger partial charge on any atom is 0.286 e. The number of nitrogens with one attached hydrogen (secondary N) is 2. The summed E-state index contributed by atoms with van der Waals surface area (Å²) in [4.78, 5) is 8.74. The first-order chi connectivity index (χ1) is 11.1. The molecule has 1 aromatic heterocycles. The molecule has 118 valence electrons. The Bertz CT molecular complexity index is 908. The van der Waals surface area contributed by atoms with Crippen molar-refractivity contribution in [3.63, 3.8) is 0 Å². The summed E-state index contributed by atoms with van der Waals surface area (Å²) in [5.74, 6) is 1.11. The molecule has 7 nitrogen and oxygen atoms in total. The van der Waals surface area contributed by atoms with Gasteiger partial charge in [-0.05, 0) is 31.4 Å². The van der Waals surface area contributed by atoms with E-state index in [0.29, 0.717) is 11.5 Å². The number of aryl methyl sites for hydroxylation is 1. The van der Waals surface area contributed by atoms with Gasteiger partial charge in [0, 0.05) is 11.3 Å². The molecule has 2 aliphatic rings. The van der Waals surface area contributed by atoms with E-state index in [-0.39, 0.29) is 11.4 Å². The Kier molecular flexibility index (Phi) is 3.26. The van der Waals surface area contributed by atoms with Crippen molar-refractivity contribution in [3.05, 3.63) is 41.9 Å². The molecule has 2 aromatic rings. The summed E-state index contributed by atoms with van der Waals surface area (Å²) in [6.07, 6.45) is 4.52. The molecule has 0 saturated carbocycles. The van der Waals surface area contributed by atoms with E-state index in [1.54, 1.807) is 24.3 Å². The smallest absolute Gasteiger partial charge is 0.286 e. The monoisotopic (exact) mass is 329 g/mol. The number of nitrogens with zero attached hydrogens (tertiary/aromatic N) is 3. The highest BCUT2D eigenvalue weighted by Gasteiger charge is 2.24. The van der Waals surface area contributed by atoms with Crippen LogP contribution in [-0.2, 0) is 22.9 Å². The fourth-order valence-corrected chi connectivity index (χ4v) is 4.07. The summed E-state index contributed by atoms with van der Waals surface area (Å²) < 4.78 is 28.2. The lowest BCUT2D eigenvalue weighted by Crippen LogP contribution is -2.28. The fraction of sp³-hybridized carbons (Fsp3) is 0.267. The largest absolute Gasteiger partial charge is 0.362 e. The van der Waals surface area contributed by atoms with Crippen LogP contribution in [-0.4, -0.2) is 30.8 Å². The lowest BCUT2D eigenvalue weighted by atomic mass is 10.2. The van der Waals surface area contributed by atoms with Crippen LogP contribution in [0.1, 0.15) is 17.7 Å². The summed E-state index contributed by atoms with van der Waals surface area (Å²) in [5, 5.41) is 6.23. The quantitative estimate of drug-likeness (QED) is 0.888. The number of amidine groups is 1. The molecule has 1 aliphatic heterocycles. The van der Waals surface area contributed by atoms with E-state index in [1.165, 1.54) is 6.33 Å². The molecule has 8 heteroatoms. The molecule has 0 saturated heterocycles. The Morgan fingerprint density at radius 2 is 2.04 bits per heavy atom. The molecule has 0 atom stereocenters. The van der Waals surface area contributed by atoms with Crippen LogP contribution in [0.2, 0.25) is 0 Å². The van der Waals surface area contributed by atoms with Crippen molar-refractivity contribution < 1.29 is 8.42 Å². The molecule has 2 heterocycles. The van der Waals surface area contributed by atoms with Gasteiger partial charge >= 0.3 is 0 Å². The topological polar surface area (TPSA) is 96.3 Å². The van der Waals surface area contributed by atoms with E-state index in [4.69, 9.17) is 0 Å². The Labute approximate surface area is 133 Å². The molecule has 23 heavy (non-hydrogen) atoms. The molecule has 0 radical (unpaired) electrons. The minimum atomic E-state index is -3.65. The summed E-state index contributed by atoms with van der Waals surface area (Å²) >= 11 is 0. The normalized spacial score (nSPS) is 17.7. The maximum atomic E-state index is 12.2. The molecule has 1 aromatic carbocycles. The average molecular weight is 329 g/mol. The Morgan fingerprint density at radius 3 is 2.96 bits per heavy atom. The van der Waals surface area contributed by atoms with Crippen LogP contribution in [0.25, 0.3) is 0 Å². The number of aromatic nitrogens is 2. The molecular formula is C15H15N5O2S. The molecule has 4 rings (SSSR count). The molecule has 1 aliphatic carbocycles. The number of para-hydroxylation sites is 1. The molecular weight excluding hydrogens is 314 g/mol. The number of anilines is 2. The second-order valence-electron chi connectivity index (χ2n) is 5.49.